The first kappa shape index (κ1) is 24.2. The molecule has 2 unspecified atom stereocenters. The molecule has 194 valence electrons. The fourth-order valence-electron chi connectivity index (χ4n) is 11.0. The zero-order chi connectivity index (χ0) is 23.6. The lowest BCUT2D eigenvalue weighted by molar-refractivity contribution is -0.327. The molecule has 4 aliphatic carbocycles. The van der Waals surface area contributed by atoms with E-state index in [-0.39, 0.29) is 29.5 Å². The van der Waals surface area contributed by atoms with Crippen molar-refractivity contribution in [3.8, 4) is 0 Å². The van der Waals surface area contributed by atoms with E-state index in [1.807, 2.05) is 0 Å². The second-order valence-corrected chi connectivity index (χ2v) is 14.3. The van der Waals surface area contributed by atoms with Crippen molar-refractivity contribution < 1.29 is 9.84 Å². The van der Waals surface area contributed by atoms with Crippen LogP contribution in [0.1, 0.15) is 110 Å². The smallest absolute Gasteiger partial charge is 0.0738 e. The molecular formula is C29H51N3O2. The lowest BCUT2D eigenvalue weighted by Gasteiger charge is -2.70. The molecular weight excluding hydrogens is 422 g/mol. The number of aliphatic hydroxyl groups excluding tert-OH is 1. The van der Waals surface area contributed by atoms with Crippen LogP contribution in [0.4, 0.5) is 0 Å². The van der Waals surface area contributed by atoms with E-state index in [1.54, 1.807) is 0 Å². The number of ether oxygens (including phenoxy) is 1. The maximum atomic E-state index is 10.0. The van der Waals surface area contributed by atoms with Gasteiger partial charge in [-0.15, -0.1) is 0 Å². The van der Waals surface area contributed by atoms with Crippen molar-refractivity contribution in [1.29, 1.82) is 0 Å². The standard InChI is InChI=1S/C29H51N3O2/c1-26-8-4-5-22-16-29(34-26,19-28(31,11-12-33)25(22)26)23-14-21(13-20-6-7-24(30)32-18-20)15-27(17-23)9-2-3-10-27/h20-25,32-33H,2-19,30-31H2,1H3/t20?,21-,22-,23-,24?,25-,26+,28-,29-/m0/s1. The van der Waals surface area contributed by atoms with Crippen molar-refractivity contribution in [3.05, 3.63) is 0 Å². The van der Waals surface area contributed by atoms with Crippen LogP contribution in [0.3, 0.4) is 0 Å². The highest BCUT2D eigenvalue weighted by atomic mass is 16.5. The first-order chi connectivity index (χ1) is 16.3. The molecule has 4 saturated carbocycles. The van der Waals surface area contributed by atoms with Crippen LogP contribution in [0.25, 0.3) is 0 Å². The molecule has 3 heterocycles. The number of aliphatic hydroxyl groups is 1. The summed E-state index contributed by atoms with van der Waals surface area (Å²) in [5.74, 6) is 3.32. The molecule has 3 saturated heterocycles. The number of rotatable bonds is 5. The zero-order valence-electron chi connectivity index (χ0n) is 21.7. The highest BCUT2D eigenvalue weighted by Crippen LogP contribution is 2.67. The van der Waals surface area contributed by atoms with Gasteiger partial charge in [0.15, 0.2) is 0 Å². The van der Waals surface area contributed by atoms with Crippen LogP contribution in [0, 0.1) is 35.0 Å². The summed E-state index contributed by atoms with van der Waals surface area (Å²) in [6.07, 6.45) is 20.5. The van der Waals surface area contributed by atoms with E-state index in [2.05, 4.69) is 12.2 Å². The van der Waals surface area contributed by atoms with Gasteiger partial charge in [0.1, 0.15) is 0 Å². The van der Waals surface area contributed by atoms with E-state index in [4.69, 9.17) is 16.2 Å². The van der Waals surface area contributed by atoms with Gasteiger partial charge in [0.2, 0.25) is 0 Å². The van der Waals surface area contributed by atoms with E-state index in [1.165, 1.54) is 77.0 Å². The minimum atomic E-state index is -0.260. The van der Waals surface area contributed by atoms with Gasteiger partial charge in [-0.25, -0.2) is 0 Å². The van der Waals surface area contributed by atoms with Crippen LogP contribution >= 0.6 is 0 Å². The average molecular weight is 474 g/mol. The van der Waals surface area contributed by atoms with Gasteiger partial charge in [0.05, 0.1) is 17.4 Å². The monoisotopic (exact) mass is 473 g/mol. The predicted molar refractivity (Wildman–Crippen MR) is 136 cm³/mol. The Bertz CT molecular complexity index is 748. The summed E-state index contributed by atoms with van der Waals surface area (Å²) in [7, 11) is 0. The van der Waals surface area contributed by atoms with Gasteiger partial charge < -0.3 is 26.6 Å². The normalized spacial score (nSPS) is 52.2. The summed E-state index contributed by atoms with van der Waals surface area (Å²) < 4.78 is 7.38. The first-order valence-electron chi connectivity index (χ1n) is 14.9. The van der Waals surface area contributed by atoms with Crippen molar-refractivity contribution in [1.82, 2.24) is 5.32 Å². The lowest BCUT2D eigenvalue weighted by Crippen LogP contribution is -2.76. The third-order valence-electron chi connectivity index (χ3n) is 11.9. The lowest BCUT2D eigenvalue weighted by atomic mass is 9.45. The molecule has 0 aromatic heterocycles. The number of hydrogen-bond donors (Lipinski definition) is 4. The van der Waals surface area contributed by atoms with E-state index in [0.29, 0.717) is 23.2 Å². The molecule has 4 bridgehead atoms. The molecule has 7 rings (SSSR count). The van der Waals surface area contributed by atoms with Gasteiger partial charge in [-0.2, -0.15) is 0 Å². The van der Waals surface area contributed by atoms with Crippen molar-refractivity contribution >= 4 is 0 Å². The zero-order valence-corrected chi connectivity index (χ0v) is 21.7. The molecule has 0 aromatic carbocycles. The Balaban J connectivity index is 1.29. The van der Waals surface area contributed by atoms with E-state index in [9.17, 15) is 5.11 Å². The molecule has 5 nitrogen and oxygen atoms in total. The van der Waals surface area contributed by atoms with Gasteiger partial charge in [-0.1, -0.05) is 19.3 Å². The molecule has 6 N–H and O–H groups in total. The Labute approximate surface area is 207 Å². The Hall–Kier alpha value is -0.200. The SMILES string of the molecule is C[C@@]12CCC[C@H]3C[C@@]([C@H]4C[C@H](CC5CCC(N)NC5)CC5(CCCC5)C4)(C[C@@](N)(CCO)[C@@H]31)O2. The Morgan fingerprint density at radius 3 is 2.53 bits per heavy atom. The topological polar surface area (TPSA) is 93.5 Å². The Morgan fingerprint density at radius 1 is 1.00 bits per heavy atom. The summed E-state index contributed by atoms with van der Waals surface area (Å²) in [6, 6.07) is 0. The highest BCUT2D eigenvalue weighted by Gasteiger charge is 2.69. The van der Waals surface area contributed by atoms with Crippen LogP contribution in [0.2, 0.25) is 0 Å². The minimum absolute atomic E-state index is 0.0695. The summed E-state index contributed by atoms with van der Waals surface area (Å²) >= 11 is 0. The largest absolute Gasteiger partial charge is 0.396 e. The van der Waals surface area contributed by atoms with Crippen LogP contribution in [-0.2, 0) is 4.74 Å². The molecule has 0 amide bonds. The summed E-state index contributed by atoms with van der Waals surface area (Å²) in [6.45, 7) is 3.69. The minimum Gasteiger partial charge on any atom is -0.396 e. The molecule has 34 heavy (non-hydrogen) atoms. The quantitative estimate of drug-likeness (QED) is 0.473. The summed E-state index contributed by atoms with van der Waals surface area (Å²) in [5.41, 5.74) is 13.6. The number of fused-ring (bicyclic) bond motifs is 1. The molecule has 9 atom stereocenters. The van der Waals surface area contributed by atoms with Gasteiger partial charge in [-0.05, 0) is 126 Å². The van der Waals surface area contributed by atoms with E-state index in [0.717, 1.165) is 44.1 Å². The number of nitrogens with one attached hydrogen (secondary N) is 1. The van der Waals surface area contributed by atoms with Crippen LogP contribution in [-0.4, -0.2) is 41.2 Å². The average Bonchev–Trinajstić information content (AvgIpc) is 3.21. The third kappa shape index (κ3) is 4.00. The first-order valence-corrected chi connectivity index (χ1v) is 14.9. The van der Waals surface area contributed by atoms with Crippen molar-refractivity contribution in [3.63, 3.8) is 0 Å². The van der Waals surface area contributed by atoms with Crippen LogP contribution in [0.5, 0.6) is 0 Å². The molecule has 7 aliphatic rings. The maximum absolute atomic E-state index is 10.0. The maximum Gasteiger partial charge on any atom is 0.0738 e. The highest BCUT2D eigenvalue weighted by molar-refractivity contribution is 5.20. The third-order valence-corrected chi connectivity index (χ3v) is 11.9. The fourth-order valence-corrected chi connectivity index (χ4v) is 11.0. The van der Waals surface area contributed by atoms with E-state index < -0.39 is 0 Å². The van der Waals surface area contributed by atoms with Crippen LogP contribution in [0.15, 0.2) is 0 Å². The van der Waals surface area contributed by atoms with Crippen LogP contribution < -0.4 is 16.8 Å². The number of hydrogen-bond acceptors (Lipinski definition) is 5. The van der Waals surface area contributed by atoms with Gasteiger partial charge in [0.25, 0.3) is 0 Å². The second kappa shape index (κ2) is 8.68. The number of nitrogens with two attached hydrogens (primary N) is 2. The second-order valence-electron chi connectivity index (χ2n) is 14.3. The summed E-state index contributed by atoms with van der Waals surface area (Å²) in [5, 5.41) is 13.6. The van der Waals surface area contributed by atoms with Crippen molar-refractivity contribution in [2.24, 2.45) is 46.5 Å². The predicted octanol–water partition coefficient (Wildman–Crippen LogP) is 4.46. The molecule has 0 radical (unpaired) electrons. The molecule has 3 aliphatic heterocycles. The van der Waals surface area contributed by atoms with Gasteiger partial charge in [-0.3, -0.25) is 0 Å². The fraction of sp³-hybridized carbons (Fsp3) is 1.00. The Kier molecular flexibility index (Phi) is 6.17. The summed E-state index contributed by atoms with van der Waals surface area (Å²) in [4.78, 5) is 0. The van der Waals surface area contributed by atoms with E-state index >= 15 is 0 Å². The molecule has 7 fully saturated rings. The van der Waals surface area contributed by atoms with Gasteiger partial charge >= 0.3 is 0 Å². The number of piperidine rings is 1. The Morgan fingerprint density at radius 2 is 1.82 bits per heavy atom. The molecule has 1 spiro atoms. The van der Waals surface area contributed by atoms with Crippen molar-refractivity contribution in [2.75, 3.05) is 13.2 Å². The molecule has 0 aromatic rings. The molecule has 5 heteroatoms. The van der Waals surface area contributed by atoms with Crippen molar-refractivity contribution in [2.45, 2.75) is 133 Å². The van der Waals surface area contributed by atoms with Gasteiger partial charge in [0, 0.05) is 18.1 Å².